The minimum Gasteiger partial charge on any atom is -0.430 e. The lowest BCUT2D eigenvalue weighted by molar-refractivity contribution is -0.147. The van der Waals surface area contributed by atoms with Crippen LogP contribution in [-0.4, -0.2) is 47.3 Å². The van der Waals surface area contributed by atoms with Gasteiger partial charge in [0.1, 0.15) is 18.5 Å². The Labute approximate surface area is 218 Å². The molecular weight excluding hydrogens is 503 g/mol. The van der Waals surface area contributed by atoms with Crippen molar-refractivity contribution in [3.05, 3.63) is 35.9 Å². The second-order valence-electron chi connectivity index (χ2n) is 9.42. The molecule has 34 heavy (non-hydrogen) atoms. The van der Waals surface area contributed by atoms with E-state index in [0.717, 1.165) is 5.56 Å². The van der Waals surface area contributed by atoms with Crippen LogP contribution in [0.1, 0.15) is 54.0 Å². The summed E-state index contributed by atoms with van der Waals surface area (Å²) in [6, 6.07) is 9.70. The number of hydrogen-bond acceptors (Lipinski definition) is 6. The van der Waals surface area contributed by atoms with E-state index in [4.69, 9.17) is 53.8 Å². The third-order valence-corrected chi connectivity index (χ3v) is 6.00. The first-order chi connectivity index (χ1) is 15.6. The number of benzene rings is 1. The molecule has 1 aromatic carbocycles. The van der Waals surface area contributed by atoms with Crippen LogP contribution in [0.2, 0.25) is 0 Å². The fourth-order valence-corrected chi connectivity index (χ4v) is 3.71. The van der Waals surface area contributed by atoms with E-state index in [1.165, 1.54) is 0 Å². The number of halogens is 3. The number of ketones is 1. The summed E-state index contributed by atoms with van der Waals surface area (Å²) in [6.45, 7) is 13.1. The number of alkyl halides is 3. The average Bonchev–Trinajstić information content (AvgIpc) is 2.74. The predicted molar refractivity (Wildman–Crippen MR) is 135 cm³/mol. The van der Waals surface area contributed by atoms with Crippen LogP contribution in [0.5, 0.6) is 0 Å². The smallest absolute Gasteiger partial charge is 0.430 e. The van der Waals surface area contributed by atoms with Gasteiger partial charge in [0.2, 0.25) is 3.79 Å². The lowest BCUT2D eigenvalue weighted by Gasteiger charge is -2.37. The minimum atomic E-state index is -1.77. The highest BCUT2D eigenvalue weighted by atomic mass is 35.6. The molecule has 0 saturated heterocycles. The summed E-state index contributed by atoms with van der Waals surface area (Å²) in [6.07, 6.45) is -2.22. The van der Waals surface area contributed by atoms with Gasteiger partial charge in [0.05, 0.1) is 31.3 Å². The number of hydrogen-bond donors (Lipinski definition) is 0. The quantitative estimate of drug-likeness (QED) is 0.203. The van der Waals surface area contributed by atoms with Gasteiger partial charge >= 0.3 is 6.16 Å². The first-order valence-electron chi connectivity index (χ1n) is 11.4. The van der Waals surface area contributed by atoms with Gasteiger partial charge in [0, 0.05) is 11.3 Å². The summed E-state index contributed by atoms with van der Waals surface area (Å²) in [7, 11) is 0. The lowest BCUT2D eigenvalue weighted by Crippen LogP contribution is -2.47. The van der Waals surface area contributed by atoms with Crippen LogP contribution in [0.15, 0.2) is 30.3 Å². The summed E-state index contributed by atoms with van der Waals surface area (Å²) in [4.78, 5) is 25.9. The highest BCUT2D eigenvalue weighted by molar-refractivity contribution is 6.67. The van der Waals surface area contributed by atoms with Gasteiger partial charge < -0.3 is 18.9 Å². The van der Waals surface area contributed by atoms with Crippen molar-refractivity contribution in [1.29, 1.82) is 0 Å². The van der Waals surface area contributed by atoms with Crippen LogP contribution >= 0.6 is 34.8 Å². The number of carbonyl (C=O) groups excluding carboxylic acids is 2. The zero-order valence-electron chi connectivity index (χ0n) is 21.0. The van der Waals surface area contributed by atoms with Gasteiger partial charge in [-0.05, 0) is 26.3 Å². The van der Waals surface area contributed by atoms with Gasteiger partial charge in [-0.2, -0.15) is 0 Å². The molecule has 0 radical (unpaired) electrons. The van der Waals surface area contributed by atoms with Crippen LogP contribution in [-0.2, 0) is 30.3 Å². The Kier molecular flexibility index (Phi) is 12.7. The normalized spacial score (nSPS) is 16.0. The molecule has 0 N–H and O–H groups in total. The molecule has 1 rings (SSSR count). The standard InChI is InChI=1S/C25H37Cl3O6/c1-16(2)33-19(5)24(6,7)22(29)18(4)21(34-23(30)32-15-25(26,27)28)17(3)13-31-14-20-11-9-8-10-12-20/h8-12,16-19,21H,13-15H2,1-7H3/t17-,18+,19?,21-/m0/s1. The molecule has 0 bridgehead atoms. The first-order valence-corrected chi connectivity index (χ1v) is 12.5. The Balaban J connectivity index is 2.97. The van der Waals surface area contributed by atoms with E-state index in [2.05, 4.69) is 0 Å². The van der Waals surface area contributed by atoms with E-state index in [9.17, 15) is 9.59 Å². The second-order valence-corrected chi connectivity index (χ2v) is 11.9. The van der Waals surface area contributed by atoms with Gasteiger partial charge in [-0.1, -0.05) is 92.8 Å². The van der Waals surface area contributed by atoms with Crippen LogP contribution in [0.3, 0.4) is 0 Å². The SMILES string of the molecule is CC(C)OC(C)C(C)(C)C(=O)[C@H](C)[C@@H](OC(=O)OCC(Cl)(Cl)Cl)[C@@H](C)COCc1ccccc1. The Morgan fingerprint density at radius 2 is 1.56 bits per heavy atom. The lowest BCUT2D eigenvalue weighted by atomic mass is 9.74. The maximum absolute atomic E-state index is 13.5. The van der Waals surface area contributed by atoms with Gasteiger partial charge in [0.15, 0.2) is 0 Å². The zero-order valence-corrected chi connectivity index (χ0v) is 23.2. The first kappa shape index (κ1) is 31.0. The molecule has 9 heteroatoms. The number of Topliss-reactive ketones (excluding diaryl/α,β-unsaturated/α-hetero) is 1. The zero-order chi connectivity index (χ0) is 26.1. The molecule has 0 aliphatic carbocycles. The molecule has 0 aromatic heterocycles. The van der Waals surface area contributed by atoms with Crippen LogP contribution in [0.25, 0.3) is 0 Å². The average molecular weight is 540 g/mol. The molecule has 0 saturated carbocycles. The summed E-state index contributed by atoms with van der Waals surface area (Å²) in [5.74, 6) is -1.08. The Morgan fingerprint density at radius 1 is 0.971 bits per heavy atom. The van der Waals surface area contributed by atoms with Gasteiger partial charge in [-0.25, -0.2) is 4.79 Å². The number of carbonyl (C=O) groups is 2. The Hall–Kier alpha value is -1.05. The van der Waals surface area contributed by atoms with E-state index < -0.39 is 34.0 Å². The second kappa shape index (κ2) is 13.9. The molecule has 0 amide bonds. The molecule has 6 nitrogen and oxygen atoms in total. The predicted octanol–water partition coefficient (Wildman–Crippen LogP) is 6.78. The molecule has 1 aromatic rings. The molecule has 0 aliphatic rings. The molecule has 0 heterocycles. The highest BCUT2D eigenvalue weighted by Gasteiger charge is 2.43. The topological polar surface area (TPSA) is 71.1 Å². The van der Waals surface area contributed by atoms with Crippen LogP contribution < -0.4 is 0 Å². The summed E-state index contributed by atoms with van der Waals surface area (Å²) >= 11 is 17.0. The molecule has 0 aliphatic heterocycles. The van der Waals surface area contributed by atoms with E-state index in [-0.39, 0.29) is 30.5 Å². The molecule has 4 atom stereocenters. The maximum Gasteiger partial charge on any atom is 0.508 e. The molecule has 194 valence electrons. The van der Waals surface area contributed by atoms with Crippen molar-refractivity contribution in [2.45, 2.75) is 77.2 Å². The van der Waals surface area contributed by atoms with Crippen molar-refractivity contribution < 1.29 is 28.5 Å². The van der Waals surface area contributed by atoms with Gasteiger partial charge in [-0.15, -0.1) is 0 Å². The van der Waals surface area contributed by atoms with Gasteiger partial charge in [-0.3, -0.25) is 4.79 Å². The fourth-order valence-electron chi connectivity index (χ4n) is 3.54. The van der Waals surface area contributed by atoms with E-state index >= 15 is 0 Å². The van der Waals surface area contributed by atoms with Crippen LogP contribution in [0, 0.1) is 17.3 Å². The van der Waals surface area contributed by atoms with Crippen molar-refractivity contribution in [2.24, 2.45) is 17.3 Å². The fraction of sp³-hybridized carbons (Fsp3) is 0.680. The molecule has 0 fully saturated rings. The van der Waals surface area contributed by atoms with Crippen molar-refractivity contribution in [1.82, 2.24) is 0 Å². The van der Waals surface area contributed by atoms with E-state index in [0.29, 0.717) is 6.61 Å². The summed E-state index contributed by atoms with van der Waals surface area (Å²) < 4.78 is 20.5. The highest BCUT2D eigenvalue weighted by Crippen LogP contribution is 2.33. The van der Waals surface area contributed by atoms with Gasteiger partial charge in [0.25, 0.3) is 0 Å². The molecular formula is C25H37Cl3O6. The Morgan fingerprint density at radius 3 is 2.09 bits per heavy atom. The molecule has 0 spiro atoms. The van der Waals surface area contributed by atoms with E-state index in [1.54, 1.807) is 6.92 Å². The minimum absolute atomic E-state index is 0.0355. The van der Waals surface area contributed by atoms with Crippen molar-refractivity contribution >= 4 is 46.7 Å². The summed E-state index contributed by atoms with van der Waals surface area (Å²) in [5.41, 5.74) is 0.191. The maximum atomic E-state index is 13.5. The largest absolute Gasteiger partial charge is 0.508 e. The van der Waals surface area contributed by atoms with Crippen molar-refractivity contribution in [3.8, 4) is 0 Å². The number of ether oxygens (including phenoxy) is 4. The van der Waals surface area contributed by atoms with Crippen molar-refractivity contribution in [2.75, 3.05) is 13.2 Å². The third-order valence-electron chi connectivity index (χ3n) is 5.67. The molecule has 1 unspecified atom stereocenters. The van der Waals surface area contributed by atoms with Crippen LogP contribution in [0.4, 0.5) is 4.79 Å². The monoisotopic (exact) mass is 538 g/mol. The Bertz CT molecular complexity index is 764. The van der Waals surface area contributed by atoms with E-state index in [1.807, 2.05) is 71.9 Å². The number of rotatable bonds is 13. The van der Waals surface area contributed by atoms with Crippen molar-refractivity contribution in [3.63, 3.8) is 0 Å². The third kappa shape index (κ3) is 10.7. The summed E-state index contributed by atoms with van der Waals surface area (Å²) in [5, 5.41) is 0.